The molecule has 0 bridgehead atoms. The highest BCUT2D eigenvalue weighted by Crippen LogP contribution is 2.39. The predicted octanol–water partition coefficient (Wildman–Crippen LogP) is 0.481. The zero-order valence-electron chi connectivity index (χ0n) is 11.6. The predicted molar refractivity (Wildman–Crippen MR) is 70.3 cm³/mol. The van der Waals surface area contributed by atoms with Crippen LogP contribution in [0.15, 0.2) is 15.8 Å². The van der Waals surface area contributed by atoms with E-state index in [0.29, 0.717) is 0 Å². The summed E-state index contributed by atoms with van der Waals surface area (Å²) >= 11 is 0. The molecule has 0 radical (unpaired) electrons. The van der Waals surface area contributed by atoms with Gasteiger partial charge in [0.2, 0.25) is 0 Å². The lowest BCUT2D eigenvalue weighted by molar-refractivity contribution is -0.150. The fourth-order valence-corrected chi connectivity index (χ4v) is 2.59. The lowest BCUT2D eigenvalue weighted by atomic mass is 9.94. The second-order valence-electron chi connectivity index (χ2n) is 4.96. The van der Waals surface area contributed by atoms with Gasteiger partial charge in [0.25, 0.3) is 5.56 Å². The number of rotatable bonds is 3. The number of ether oxygens (including phenoxy) is 2. The van der Waals surface area contributed by atoms with E-state index in [0.717, 1.165) is 6.42 Å². The van der Waals surface area contributed by atoms with Crippen LogP contribution in [0.3, 0.4) is 0 Å². The average Bonchev–Trinajstić information content (AvgIpc) is 2.66. The number of aromatic amines is 2. The summed E-state index contributed by atoms with van der Waals surface area (Å²) in [5, 5.41) is 0. The van der Waals surface area contributed by atoms with Crippen molar-refractivity contribution in [3.05, 3.63) is 32.6 Å². The van der Waals surface area contributed by atoms with Gasteiger partial charge in [-0.05, 0) is 6.42 Å². The Morgan fingerprint density at radius 1 is 1.45 bits per heavy atom. The van der Waals surface area contributed by atoms with Crippen LogP contribution < -0.4 is 11.2 Å². The Balaban J connectivity index is 2.39. The molecule has 1 aliphatic rings. The van der Waals surface area contributed by atoms with Crippen LogP contribution >= 0.6 is 0 Å². The molecule has 0 aliphatic carbocycles. The van der Waals surface area contributed by atoms with Crippen LogP contribution in [0, 0.1) is 5.92 Å². The fraction of sp³-hybridized carbons (Fsp3) is 0.615. The molecule has 2 N–H and O–H groups in total. The Morgan fingerprint density at radius 2 is 2.15 bits per heavy atom. The van der Waals surface area contributed by atoms with Gasteiger partial charge >= 0.3 is 11.7 Å². The topological polar surface area (TPSA) is 101 Å². The summed E-state index contributed by atoms with van der Waals surface area (Å²) in [6.07, 6.45) is 0.753. The molecule has 1 unspecified atom stereocenters. The Kier molecular flexibility index (Phi) is 4.08. The molecule has 1 aliphatic heterocycles. The van der Waals surface area contributed by atoms with Gasteiger partial charge in [0.1, 0.15) is 12.2 Å². The van der Waals surface area contributed by atoms with E-state index < -0.39 is 29.4 Å². The van der Waals surface area contributed by atoms with Gasteiger partial charge in [-0.1, -0.05) is 13.8 Å². The number of hydrogen-bond acceptors (Lipinski definition) is 5. The summed E-state index contributed by atoms with van der Waals surface area (Å²) in [7, 11) is 0. The molecule has 2 heterocycles. The fourth-order valence-electron chi connectivity index (χ4n) is 2.59. The number of carbonyl (C=O) groups excluding carboxylic acids is 1. The van der Waals surface area contributed by atoms with Crippen molar-refractivity contribution >= 4 is 5.97 Å². The van der Waals surface area contributed by atoms with Crippen LogP contribution in [-0.2, 0) is 14.3 Å². The molecule has 1 saturated heterocycles. The van der Waals surface area contributed by atoms with E-state index >= 15 is 0 Å². The molecule has 4 atom stereocenters. The molecule has 1 aromatic rings. The maximum Gasteiger partial charge on any atom is 0.325 e. The molecular weight excluding hydrogens is 264 g/mol. The van der Waals surface area contributed by atoms with Gasteiger partial charge in [0.15, 0.2) is 0 Å². The molecule has 0 amide bonds. The van der Waals surface area contributed by atoms with Crippen molar-refractivity contribution < 1.29 is 14.3 Å². The van der Waals surface area contributed by atoms with Gasteiger partial charge in [0, 0.05) is 19.0 Å². The lowest BCUT2D eigenvalue weighted by Gasteiger charge is -2.20. The lowest BCUT2D eigenvalue weighted by Crippen LogP contribution is -2.32. The van der Waals surface area contributed by atoms with Crippen molar-refractivity contribution in [1.29, 1.82) is 0 Å². The van der Waals surface area contributed by atoms with E-state index in [-0.39, 0.29) is 17.6 Å². The van der Waals surface area contributed by atoms with Gasteiger partial charge in [-0.25, -0.2) is 4.79 Å². The van der Waals surface area contributed by atoms with Gasteiger partial charge in [-0.15, -0.1) is 0 Å². The maximum absolute atomic E-state index is 11.9. The molecular formula is C13H18N2O5. The van der Waals surface area contributed by atoms with Crippen LogP contribution in [0.5, 0.6) is 0 Å². The summed E-state index contributed by atoms with van der Waals surface area (Å²) < 4.78 is 11.1. The number of aromatic nitrogens is 2. The molecule has 1 aromatic heterocycles. The first-order chi connectivity index (χ1) is 9.43. The monoisotopic (exact) mass is 282 g/mol. The Bertz CT molecular complexity index is 605. The summed E-state index contributed by atoms with van der Waals surface area (Å²) in [5.74, 6) is -0.451. The highest BCUT2D eigenvalue weighted by atomic mass is 16.6. The van der Waals surface area contributed by atoms with E-state index in [1.165, 1.54) is 13.1 Å². The van der Waals surface area contributed by atoms with Crippen molar-refractivity contribution in [3.8, 4) is 0 Å². The van der Waals surface area contributed by atoms with Crippen LogP contribution in [0.2, 0.25) is 0 Å². The van der Waals surface area contributed by atoms with E-state index in [1.807, 2.05) is 13.8 Å². The van der Waals surface area contributed by atoms with Crippen molar-refractivity contribution in [2.75, 3.05) is 0 Å². The second kappa shape index (κ2) is 5.62. The summed E-state index contributed by atoms with van der Waals surface area (Å²) in [4.78, 5) is 38.7. The third kappa shape index (κ3) is 2.67. The van der Waals surface area contributed by atoms with Gasteiger partial charge in [-0.2, -0.15) is 0 Å². The minimum absolute atomic E-state index is 0.0276. The molecule has 7 heteroatoms. The molecule has 20 heavy (non-hydrogen) atoms. The van der Waals surface area contributed by atoms with Crippen molar-refractivity contribution in [2.24, 2.45) is 5.92 Å². The van der Waals surface area contributed by atoms with E-state index in [1.54, 1.807) is 0 Å². The van der Waals surface area contributed by atoms with Crippen LogP contribution in [0.4, 0.5) is 0 Å². The standard InChI is InChI=1S/C13H18N2O5/c1-4-9-6(2)10(19-7(3)16)11(20-9)8-5-14-13(18)15-12(8)17/h5-6,9-11H,4H2,1-3H3,(H2,14,15,17,18)/t6-,9+,10?,11-/m0/s1. The average molecular weight is 282 g/mol. The largest absolute Gasteiger partial charge is 0.459 e. The molecule has 110 valence electrons. The van der Waals surface area contributed by atoms with Crippen molar-refractivity contribution in [2.45, 2.75) is 45.5 Å². The number of H-pyrrole nitrogens is 2. The van der Waals surface area contributed by atoms with E-state index in [4.69, 9.17) is 9.47 Å². The third-order valence-corrected chi connectivity index (χ3v) is 3.58. The Morgan fingerprint density at radius 3 is 2.70 bits per heavy atom. The Labute approximate surface area is 115 Å². The summed E-state index contributed by atoms with van der Waals surface area (Å²) in [6, 6.07) is 0. The van der Waals surface area contributed by atoms with Crippen molar-refractivity contribution in [1.82, 2.24) is 9.97 Å². The minimum Gasteiger partial charge on any atom is -0.459 e. The van der Waals surface area contributed by atoms with Gasteiger partial charge < -0.3 is 14.5 Å². The van der Waals surface area contributed by atoms with E-state index in [9.17, 15) is 14.4 Å². The number of nitrogens with one attached hydrogen (secondary N) is 2. The molecule has 1 fully saturated rings. The summed E-state index contributed by atoms with van der Waals surface area (Å²) in [6.45, 7) is 5.20. The highest BCUT2D eigenvalue weighted by molar-refractivity contribution is 5.66. The van der Waals surface area contributed by atoms with Crippen LogP contribution in [0.25, 0.3) is 0 Å². The smallest absolute Gasteiger partial charge is 0.325 e. The zero-order chi connectivity index (χ0) is 14.9. The first-order valence-corrected chi connectivity index (χ1v) is 6.58. The zero-order valence-corrected chi connectivity index (χ0v) is 11.6. The highest BCUT2D eigenvalue weighted by Gasteiger charge is 2.45. The molecule has 0 aromatic carbocycles. The normalized spacial score (nSPS) is 29.4. The third-order valence-electron chi connectivity index (χ3n) is 3.58. The van der Waals surface area contributed by atoms with Gasteiger partial charge in [0.05, 0.1) is 11.7 Å². The van der Waals surface area contributed by atoms with Gasteiger partial charge in [-0.3, -0.25) is 14.6 Å². The van der Waals surface area contributed by atoms with Crippen molar-refractivity contribution in [3.63, 3.8) is 0 Å². The van der Waals surface area contributed by atoms with Crippen LogP contribution in [0.1, 0.15) is 38.9 Å². The quantitative estimate of drug-likeness (QED) is 0.785. The SMILES string of the molecule is CC[C@H]1O[C@@H](c2c[nH]c(=O)[nH]c2=O)C(OC(C)=O)[C@H]1C. The maximum atomic E-state index is 11.9. The molecule has 2 rings (SSSR count). The number of carbonyl (C=O) groups is 1. The number of hydrogen-bond donors (Lipinski definition) is 2. The Hall–Kier alpha value is -1.89. The summed E-state index contributed by atoms with van der Waals surface area (Å²) in [5.41, 5.74) is -0.848. The molecule has 0 saturated carbocycles. The first kappa shape index (κ1) is 14.5. The van der Waals surface area contributed by atoms with E-state index in [2.05, 4.69) is 9.97 Å². The molecule has 0 spiro atoms. The minimum atomic E-state index is -0.667. The second-order valence-corrected chi connectivity index (χ2v) is 4.96. The van der Waals surface area contributed by atoms with Crippen LogP contribution in [-0.4, -0.2) is 28.1 Å². The number of esters is 1. The first-order valence-electron chi connectivity index (χ1n) is 6.58. The molecule has 7 nitrogen and oxygen atoms in total.